The van der Waals surface area contributed by atoms with Crippen LogP contribution in [0.5, 0.6) is 11.5 Å². The second-order valence-corrected chi connectivity index (χ2v) is 8.48. The zero-order valence-corrected chi connectivity index (χ0v) is 17.4. The fraction of sp³-hybridized carbons (Fsp3) is 0.350. The van der Waals surface area contributed by atoms with E-state index in [0.29, 0.717) is 23.5 Å². The Kier molecular flexibility index (Phi) is 7.42. The van der Waals surface area contributed by atoms with E-state index in [9.17, 15) is 13.2 Å². The molecule has 1 amide bonds. The van der Waals surface area contributed by atoms with Crippen molar-refractivity contribution in [2.24, 2.45) is 0 Å². The average Bonchev–Trinajstić information content (AvgIpc) is 2.70. The zero-order valence-electron chi connectivity index (χ0n) is 16.6. The van der Waals surface area contributed by atoms with Crippen LogP contribution < -0.4 is 14.8 Å². The van der Waals surface area contributed by atoms with Crippen LogP contribution in [0, 0.1) is 0 Å². The Morgan fingerprint density at radius 2 is 1.71 bits per heavy atom. The van der Waals surface area contributed by atoms with Crippen LogP contribution in [0.25, 0.3) is 0 Å². The number of ether oxygens (including phenoxy) is 2. The van der Waals surface area contributed by atoms with Gasteiger partial charge in [-0.15, -0.1) is 0 Å². The van der Waals surface area contributed by atoms with Gasteiger partial charge in [0.15, 0.2) is 11.5 Å². The van der Waals surface area contributed by atoms with Gasteiger partial charge in [0.25, 0.3) is 0 Å². The van der Waals surface area contributed by atoms with E-state index in [0.717, 1.165) is 9.87 Å². The molecule has 28 heavy (non-hydrogen) atoms. The van der Waals surface area contributed by atoms with Gasteiger partial charge in [0.2, 0.25) is 15.9 Å². The molecule has 0 saturated carbocycles. The number of hydrogen-bond donors (Lipinski definition) is 1. The highest BCUT2D eigenvalue weighted by Gasteiger charge is 2.20. The van der Waals surface area contributed by atoms with Gasteiger partial charge in [-0.2, -0.15) is 0 Å². The van der Waals surface area contributed by atoms with Crippen molar-refractivity contribution >= 4 is 15.9 Å². The highest BCUT2D eigenvalue weighted by Crippen LogP contribution is 2.28. The number of hydrogen-bond acceptors (Lipinski definition) is 5. The number of nitrogens with one attached hydrogen (secondary N) is 1. The topological polar surface area (TPSA) is 84.9 Å². The predicted octanol–water partition coefficient (Wildman–Crippen LogP) is 2.20. The summed E-state index contributed by atoms with van der Waals surface area (Å²) in [4.78, 5) is 12.4. The molecule has 8 heteroatoms. The summed E-state index contributed by atoms with van der Waals surface area (Å²) in [6.07, 6.45) is 0.807. The minimum atomic E-state index is -3.57. The van der Waals surface area contributed by atoms with Crippen molar-refractivity contribution in [3.8, 4) is 11.5 Å². The van der Waals surface area contributed by atoms with Gasteiger partial charge in [-0.25, -0.2) is 12.7 Å². The van der Waals surface area contributed by atoms with Crippen LogP contribution in [-0.2, 0) is 27.8 Å². The van der Waals surface area contributed by atoms with Gasteiger partial charge in [-0.1, -0.05) is 24.3 Å². The summed E-state index contributed by atoms with van der Waals surface area (Å²) in [5, 5.41) is 2.79. The minimum Gasteiger partial charge on any atom is -0.493 e. The first kappa shape index (κ1) is 21.7. The Labute approximate surface area is 166 Å². The molecule has 0 heterocycles. The van der Waals surface area contributed by atoms with Crippen LogP contribution in [0.4, 0.5) is 0 Å². The number of aryl methyl sites for hydroxylation is 1. The van der Waals surface area contributed by atoms with Crippen LogP contribution in [-0.4, -0.2) is 46.9 Å². The Bertz CT molecular complexity index is 926. The lowest BCUT2D eigenvalue weighted by Gasteiger charge is -2.15. The molecular formula is C20H26N2O5S. The van der Waals surface area contributed by atoms with Crippen molar-refractivity contribution in [2.45, 2.75) is 24.3 Å². The normalized spacial score (nSPS) is 11.3. The molecule has 152 valence electrons. The quantitative estimate of drug-likeness (QED) is 0.690. The molecule has 0 unspecified atom stereocenters. The van der Waals surface area contributed by atoms with Crippen LogP contribution >= 0.6 is 0 Å². The van der Waals surface area contributed by atoms with E-state index in [1.54, 1.807) is 44.6 Å². The van der Waals surface area contributed by atoms with Gasteiger partial charge >= 0.3 is 0 Å². The summed E-state index contributed by atoms with van der Waals surface area (Å²) >= 11 is 0. The maximum absolute atomic E-state index is 12.4. The third-order valence-corrected chi connectivity index (χ3v) is 6.21. The fourth-order valence-corrected chi connectivity index (χ4v) is 3.79. The molecule has 0 radical (unpaired) electrons. The van der Waals surface area contributed by atoms with E-state index < -0.39 is 10.0 Å². The monoisotopic (exact) mass is 406 g/mol. The van der Waals surface area contributed by atoms with Crippen LogP contribution in [0.2, 0.25) is 0 Å². The van der Waals surface area contributed by atoms with E-state index in [-0.39, 0.29) is 23.8 Å². The van der Waals surface area contributed by atoms with Gasteiger partial charge in [0, 0.05) is 27.1 Å². The molecule has 0 spiro atoms. The van der Waals surface area contributed by atoms with Crippen molar-refractivity contribution in [1.82, 2.24) is 9.62 Å². The van der Waals surface area contributed by atoms with Gasteiger partial charge in [-0.3, -0.25) is 4.79 Å². The lowest BCUT2D eigenvalue weighted by molar-refractivity contribution is -0.121. The zero-order chi connectivity index (χ0) is 20.7. The van der Waals surface area contributed by atoms with Gasteiger partial charge in [0.1, 0.15) is 0 Å². The number of rotatable bonds is 9. The largest absolute Gasteiger partial charge is 0.493 e. The Balaban J connectivity index is 1.99. The van der Waals surface area contributed by atoms with Crippen molar-refractivity contribution in [3.05, 3.63) is 53.6 Å². The molecule has 1 N–H and O–H groups in total. The molecule has 0 atom stereocenters. The molecule has 0 aliphatic rings. The third-order valence-electron chi connectivity index (χ3n) is 4.30. The van der Waals surface area contributed by atoms with E-state index in [2.05, 4.69) is 5.32 Å². The van der Waals surface area contributed by atoms with Crippen molar-refractivity contribution in [2.75, 3.05) is 28.3 Å². The SMILES string of the molecule is COc1ccc(CCC(=O)NCc2ccccc2S(=O)(=O)N(C)C)cc1OC. The van der Waals surface area contributed by atoms with Gasteiger partial charge in [0.05, 0.1) is 19.1 Å². The summed E-state index contributed by atoms with van der Waals surface area (Å²) in [5.41, 5.74) is 1.50. The van der Waals surface area contributed by atoms with E-state index in [1.807, 2.05) is 12.1 Å². The van der Waals surface area contributed by atoms with Gasteiger partial charge < -0.3 is 14.8 Å². The molecule has 0 bridgehead atoms. The predicted molar refractivity (Wildman–Crippen MR) is 107 cm³/mol. The highest BCUT2D eigenvalue weighted by molar-refractivity contribution is 7.89. The number of sulfonamides is 1. The molecule has 7 nitrogen and oxygen atoms in total. The number of carbonyl (C=O) groups is 1. The first-order valence-electron chi connectivity index (χ1n) is 8.77. The lowest BCUT2D eigenvalue weighted by Crippen LogP contribution is -2.27. The second-order valence-electron chi connectivity index (χ2n) is 6.36. The molecule has 0 aliphatic heterocycles. The molecule has 2 rings (SSSR count). The van der Waals surface area contributed by atoms with Crippen LogP contribution in [0.15, 0.2) is 47.4 Å². The Hall–Kier alpha value is -2.58. The smallest absolute Gasteiger partial charge is 0.242 e. The standard InChI is InChI=1S/C20H26N2O5S/c1-22(2)28(24,25)19-8-6-5-7-16(19)14-21-20(23)12-10-15-9-11-17(26-3)18(13-15)27-4/h5-9,11,13H,10,12,14H2,1-4H3,(H,21,23). The van der Waals surface area contributed by atoms with E-state index >= 15 is 0 Å². The molecular weight excluding hydrogens is 380 g/mol. The number of carbonyl (C=O) groups excluding carboxylic acids is 1. The summed E-state index contributed by atoms with van der Waals surface area (Å²) in [6.45, 7) is 0.147. The van der Waals surface area contributed by atoms with Gasteiger partial charge in [-0.05, 0) is 35.7 Å². The Morgan fingerprint density at radius 1 is 1.04 bits per heavy atom. The number of benzene rings is 2. The molecule has 0 aliphatic carbocycles. The lowest BCUT2D eigenvalue weighted by atomic mass is 10.1. The number of methoxy groups -OCH3 is 2. The maximum atomic E-state index is 12.4. The van der Waals surface area contributed by atoms with Crippen LogP contribution in [0.3, 0.4) is 0 Å². The van der Waals surface area contributed by atoms with E-state index in [4.69, 9.17) is 9.47 Å². The summed E-state index contributed by atoms with van der Waals surface area (Å²) < 4.78 is 36.5. The van der Waals surface area contributed by atoms with E-state index in [1.165, 1.54) is 14.1 Å². The third kappa shape index (κ3) is 5.24. The minimum absolute atomic E-state index is 0.147. The summed E-state index contributed by atoms with van der Waals surface area (Å²) in [5.74, 6) is 1.09. The summed E-state index contributed by atoms with van der Waals surface area (Å²) in [7, 11) is 2.52. The van der Waals surface area contributed by atoms with Crippen molar-refractivity contribution in [3.63, 3.8) is 0 Å². The molecule has 0 aromatic heterocycles. The Morgan fingerprint density at radius 3 is 2.36 bits per heavy atom. The first-order valence-corrected chi connectivity index (χ1v) is 10.2. The van der Waals surface area contributed by atoms with Crippen molar-refractivity contribution in [1.29, 1.82) is 0 Å². The van der Waals surface area contributed by atoms with Crippen molar-refractivity contribution < 1.29 is 22.7 Å². The number of amides is 1. The first-order chi connectivity index (χ1) is 13.3. The summed E-state index contributed by atoms with van der Waals surface area (Å²) in [6, 6.07) is 12.2. The fourth-order valence-electron chi connectivity index (χ4n) is 2.67. The average molecular weight is 407 g/mol. The second kappa shape index (κ2) is 9.57. The number of nitrogens with zero attached hydrogens (tertiary/aromatic N) is 1. The maximum Gasteiger partial charge on any atom is 0.242 e. The molecule has 0 saturated heterocycles. The molecule has 2 aromatic rings. The molecule has 0 fully saturated rings. The molecule has 2 aromatic carbocycles. The van der Waals surface area contributed by atoms with Crippen LogP contribution in [0.1, 0.15) is 17.5 Å². The highest BCUT2D eigenvalue weighted by atomic mass is 32.2.